The van der Waals surface area contributed by atoms with Crippen molar-refractivity contribution in [1.29, 1.82) is 0 Å². The Morgan fingerprint density at radius 2 is 1.84 bits per heavy atom. The van der Waals surface area contributed by atoms with Gasteiger partial charge in [-0.1, -0.05) is 38.1 Å². The Bertz CT molecular complexity index is 1020. The first kappa shape index (κ1) is 30.5. The van der Waals surface area contributed by atoms with Crippen LogP contribution < -0.4 is 32.4 Å². The van der Waals surface area contributed by atoms with Crippen LogP contribution in [-0.4, -0.2) is 65.6 Å². The number of nitrogens with two attached hydrogens (primary N) is 1. The summed E-state index contributed by atoms with van der Waals surface area (Å²) in [7, 11) is 1.65. The maximum Gasteiger partial charge on any atom is 0.362 e. The molecule has 4 atom stereocenters. The van der Waals surface area contributed by atoms with E-state index in [0.717, 1.165) is 24.8 Å². The summed E-state index contributed by atoms with van der Waals surface area (Å²) in [5.74, 6) is -1.63. The van der Waals surface area contributed by atoms with Gasteiger partial charge in [0.15, 0.2) is 0 Å². The van der Waals surface area contributed by atoms with Gasteiger partial charge in [-0.2, -0.15) is 0 Å². The molecule has 13 nitrogen and oxygen atoms in total. The molecule has 0 saturated carbocycles. The molecule has 38 heavy (non-hydrogen) atoms. The Kier molecular flexibility index (Phi) is 11.9. The fourth-order valence-corrected chi connectivity index (χ4v) is 4.28. The number of nitrogens with one attached hydrogen (secondary N) is 5. The van der Waals surface area contributed by atoms with E-state index in [1.807, 2.05) is 37.5 Å². The third-order valence-corrected chi connectivity index (χ3v) is 6.54. The zero-order valence-electron chi connectivity index (χ0n) is 22.5. The van der Waals surface area contributed by atoms with E-state index in [9.17, 15) is 19.3 Å². The fourth-order valence-electron chi connectivity index (χ4n) is 4.28. The quantitative estimate of drug-likeness (QED) is 0.0808. The van der Waals surface area contributed by atoms with Gasteiger partial charge >= 0.3 is 5.03 Å². The number of benzene rings is 1. The minimum absolute atomic E-state index is 0.141. The summed E-state index contributed by atoms with van der Waals surface area (Å²) in [5, 5.41) is 19.6. The summed E-state index contributed by atoms with van der Waals surface area (Å²) in [6.45, 7) is 5.45. The highest BCUT2D eigenvalue weighted by atomic mass is 16.7. The van der Waals surface area contributed by atoms with E-state index in [4.69, 9.17) is 10.9 Å². The molecular weight excluding hydrogens is 492 g/mol. The molecular formula is C25H41N8O5+. The van der Waals surface area contributed by atoms with Crippen molar-refractivity contribution >= 4 is 23.7 Å². The molecule has 2 rings (SSSR count). The van der Waals surface area contributed by atoms with E-state index < -0.39 is 29.1 Å². The number of likely N-dealkylation sites (N-methyl/N-ethyl adjacent to an activating group) is 1. The summed E-state index contributed by atoms with van der Waals surface area (Å²) in [4.78, 5) is 53.6. The van der Waals surface area contributed by atoms with E-state index in [-0.39, 0.29) is 42.7 Å². The molecule has 0 spiro atoms. The van der Waals surface area contributed by atoms with Crippen molar-refractivity contribution in [2.45, 2.75) is 77.0 Å². The molecule has 0 saturated heterocycles. The van der Waals surface area contributed by atoms with E-state index in [1.165, 1.54) is 5.56 Å². The summed E-state index contributed by atoms with van der Waals surface area (Å²) in [5.41, 5.74) is 9.64. The largest absolute Gasteiger partial charge is 0.365 e. The fraction of sp³-hybridized carbons (Fsp3) is 0.600. The first-order valence-corrected chi connectivity index (χ1v) is 12.9. The highest BCUT2D eigenvalue weighted by Crippen LogP contribution is 2.29. The van der Waals surface area contributed by atoms with Gasteiger partial charge in [-0.05, 0) is 68.5 Å². The van der Waals surface area contributed by atoms with Crippen LogP contribution in [0.15, 0.2) is 29.3 Å². The number of guanidine groups is 1. The predicted octanol–water partition coefficient (Wildman–Crippen LogP) is 0.181. The Morgan fingerprint density at radius 1 is 1.13 bits per heavy atom. The lowest BCUT2D eigenvalue weighted by Crippen LogP contribution is -2.57. The van der Waals surface area contributed by atoms with Crippen molar-refractivity contribution in [3.63, 3.8) is 0 Å². The smallest absolute Gasteiger partial charge is 0.362 e. The maximum absolute atomic E-state index is 13.4. The zero-order chi connectivity index (χ0) is 28.2. The van der Waals surface area contributed by atoms with Crippen LogP contribution in [0, 0.1) is 10.8 Å². The number of hydrogen-bond acceptors (Lipinski definition) is 6. The van der Waals surface area contributed by atoms with Crippen LogP contribution in [-0.2, 0) is 20.8 Å². The Hall–Kier alpha value is -3.74. The first-order valence-electron chi connectivity index (χ1n) is 12.9. The van der Waals surface area contributed by atoms with Crippen LogP contribution in [0.2, 0.25) is 0 Å². The maximum atomic E-state index is 13.4. The van der Waals surface area contributed by atoms with E-state index in [0.29, 0.717) is 6.42 Å². The van der Waals surface area contributed by atoms with Crippen LogP contribution >= 0.6 is 0 Å². The van der Waals surface area contributed by atoms with Gasteiger partial charge in [-0.25, -0.2) is 10.2 Å². The Balaban J connectivity index is 2.15. The number of aliphatic imine (C=N–C) groups is 1. The second-order valence-electron chi connectivity index (χ2n) is 9.75. The number of rotatable bonds is 13. The lowest BCUT2D eigenvalue weighted by atomic mass is 9.87. The number of aryl methyl sites for hydroxylation is 1. The van der Waals surface area contributed by atoms with Gasteiger partial charge in [-0.15, -0.1) is 0 Å². The van der Waals surface area contributed by atoms with Crippen LogP contribution in [0.5, 0.6) is 0 Å². The highest BCUT2D eigenvalue weighted by molar-refractivity contribution is 5.93. The lowest BCUT2D eigenvalue weighted by Gasteiger charge is -2.30. The molecule has 8 N–H and O–H groups in total. The van der Waals surface area contributed by atoms with E-state index >= 15 is 0 Å². The van der Waals surface area contributed by atoms with Gasteiger partial charge in [0.2, 0.25) is 17.7 Å². The van der Waals surface area contributed by atoms with Gasteiger partial charge in [0, 0.05) is 6.54 Å². The zero-order valence-corrected chi connectivity index (χ0v) is 22.5. The molecule has 0 aliphatic heterocycles. The normalized spacial score (nSPS) is 17.5. The molecule has 1 unspecified atom stereocenters. The number of nitrogens with zero attached hydrogens (tertiary/aromatic N) is 2. The summed E-state index contributed by atoms with van der Waals surface area (Å²) >= 11 is 0. The number of carbonyl (C=O) groups excluding carboxylic acids is 3. The van der Waals surface area contributed by atoms with Gasteiger partial charge in [0.25, 0.3) is 5.96 Å². The Labute approximate surface area is 222 Å². The van der Waals surface area contributed by atoms with Crippen molar-refractivity contribution in [2.75, 3.05) is 13.6 Å². The SMILES string of the molecule is CN[C@@H](C)C(=O)N[C@H](C(=O)N[C@@H](CCCN=C(N)N[N+](=O)O)C(=O)NC1CCCc2ccccc21)C(C)C. The van der Waals surface area contributed by atoms with Crippen LogP contribution in [0.25, 0.3) is 0 Å². The predicted molar refractivity (Wildman–Crippen MR) is 142 cm³/mol. The highest BCUT2D eigenvalue weighted by Gasteiger charge is 2.31. The second-order valence-corrected chi connectivity index (χ2v) is 9.75. The summed E-state index contributed by atoms with van der Waals surface area (Å²) in [6, 6.07) is 5.59. The average molecular weight is 534 g/mol. The minimum Gasteiger partial charge on any atom is -0.365 e. The monoisotopic (exact) mass is 533 g/mol. The van der Waals surface area contributed by atoms with Crippen molar-refractivity contribution in [3.8, 4) is 0 Å². The molecule has 0 aromatic heterocycles. The van der Waals surface area contributed by atoms with E-state index in [1.54, 1.807) is 14.0 Å². The average Bonchev–Trinajstić information content (AvgIpc) is 2.87. The van der Waals surface area contributed by atoms with Gasteiger partial charge < -0.3 is 27.0 Å². The molecule has 1 aliphatic rings. The Morgan fingerprint density at radius 3 is 2.50 bits per heavy atom. The first-order chi connectivity index (χ1) is 18.0. The summed E-state index contributed by atoms with van der Waals surface area (Å²) in [6.07, 6.45) is 3.25. The number of hydrogen-bond donors (Lipinski definition) is 7. The second kappa shape index (κ2) is 14.9. The van der Waals surface area contributed by atoms with E-state index in [2.05, 4.69) is 32.3 Å². The minimum atomic E-state index is -0.894. The third-order valence-electron chi connectivity index (χ3n) is 6.54. The topological polar surface area (TPSA) is 190 Å². The molecule has 0 bridgehead atoms. The third kappa shape index (κ3) is 9.29. The molecule has 0 radical (unpaired) electrons. The van der Waals surface area contributed by atoms with Gasteiger partial charge in [0.05, 0.1) is 12.1 Å². The van der Waals surface area contributed by atoms with Gasteiger partial charge in [-0.3, -0.25) is 14.4 Å². The molecule has 0 fully saturated rings. The van der Waals surface area contributed by atoms with Crippen molar-refractivity contribution in [1.82, 2.24) is 26.7 Å². The van der Waals surface area contributed by atoms with Crippen LogP contribution in [0.1, 0.15) is 63.6 Å². The molecule has 1 aromatic carbocycles. The van der Waals surface area contributed by atoms with Gasteiger partial charge in [0.1, 0.15) is 17.0 Å². The number of hydrazine groups is 1. The number of fused-ring (bicyclic) bond motifs is 1. The number of amides is 3. The summed E-state index contributed by atoms with van der Waals surface area (Å²) < 4.78 is 0. The van der Waals surface area contributed by atoms with Crippen molar-refractivity contribution < 1.29 is 24.6 Å². The molecule has 13 heteroatoms. The standard InChI is InChI=1S/C25H40N8O5/c1-15(2)21(31-22(34)16(3)27-4)24(36)30-20(13-8-14-28-25(26)32-33(37)38)23(35)29-19-12-7-10-17-9-5-6-11-18(17)19/h5-6,9,11,15-16,19-21,27H,7-8,10,12-14H2,1-4H3,(H6-,26,28,29,30,31,32,34,35,36,37,38)/p+1/t16-,19?,20-,21-/m0/s1. The van der Waals surface area contributed by atoms with Crippen LogP contribution in [0.4, 0.5) is 0 Å². The molecule has 3 amide bonds. The molecule has 0 heterocycles. The number of carbonyl (C=O) groups is 3. The van der Waals surface area contributed by atoms with Crippen LogP contribution in [0.3, 0.4) is 0 Å². The van der Waals surface area contributed by atoms with Crippen molar-refractivity contribution in [3.05, 3.63) is 40.3 Å². The molecule has 210 valence electrons. The van der Waals surface area contributed by atoms with Crippen molar-refractivity contribution in [2.24, 2.45) is 16.6 Å². The lowest BCUT2D eigenvalue weighted by molar-refractivity contribution is -0.822. The molecule has 1 aromatic rings. The molecule has 1 aliphatic carbocycles.